The molecule has 60 valence electrons. The summed E-state index contributed by atoms with van der Waals surface area (Å²) in [5, 5.41) is 4.50. The Bertz CT molecular complexity index is 248. The van der Waals surface area contributed by atoms with E-state index in [1.165, 1.54) is 0 Å². The number of hydrogen-bond donors (Lipinski definition) is 1. The van der Waals surface area contributed by atoms with E-state index in [0.717, 1.165) is 12.2 Å². The second kappa shape index (κ2) is 3.84. The van der Waals surface area contributed by atoms with Gasteiger partial charge in [0.05, 0.1) is 10.7 Å². The van der Waals surface area contributed by atoms with Crippen molar-refractivity contribution in [1.29, 1.82) is 0 Å². The summed E-state index contributed by atoms with van der Waals surface area (Å²) in [6.45, 7) is 2.86. The topological polar surface area (TPSA) is 12.0 Å². The molecule has 1 N–H and O–H groups in total. The Balaban J connectivity index is 2.93. The molecule has 11 heavy (non-hydrogen) atoms. The van der Waals surface area contributed by atoms with E-state index in [-0.39, 0.29) is 0 Å². The summed E-state index contributed by atoms with van der Waals surface area (Å²) < 4.78 is 0. The molecule has 0 aliphatic rings. The van der Waals surface area contributed by atoms with Gasteiger partial charge in [0.2, 0.25) is 0 Å². The molecule has 3 heteroatoms. The minimum atomic E-state index is 0.699. The SMILES string of the molecule is CCNc1cc(Cl)ccc1Cl. The summed E-state index contributed by atoms with van der Waals surface area (Å²) in [6, 6.07) is 5.36. The summed E-state index contributed by atoms with van der Waals surface area (Å²) >= 11 is 11.6. The van der Waals surface area contributed by atoms with Gasteiger partial charge in [0.25, 0.3) is 0 Å². The molecule has 1 aromatic rings. The van der Waals surface area contributed by atoms with Crippen LogP contribution >= 0.6 is 23.2 Å². The van der Waals surface area contributed by atoms with Gasteiger partial charge < -0.3 is 5.32 Å². The molecule has 0 unspecified atom stereocenters. The Morgan fingerprint density at radius 2 is 2.09 bits per heavy atom. The van der Waals surface area contributed by atoms with E-state index in [4.69, 9.17) is 23.2 Å². The molecule has 1 rings (SSSR count). The smallest absolute Gasteiger partial charge is 0.0638 e. The van der Waals surface area contributed by atoms with Crippen molar-refractivity contribution < 1.29 is 0 Å². The maximum Gasteiger partial charge on any atom is 0.0638 e. The van der Waals surface area contributed by atoms with Gasteiger partial charge in [-0.25, -0.2) is 0 Å². The van der Waals surface area contributed by atoms with Gasteiger partial charge in [0, 0.05) is 11.6 Å². The zero-order chi connectivity index (χ0) is 8.27. The van der Waals surface area contributed by atoms with Crippen LogP contribution in [-0.2, 0) is 0 Å². The maximum atomic E-state index is 5.85. The molecule has 0 bridgehead atoms. The third kappa shape index (κ3) is 2.28. The van der Waals surface area contributed by atoms with E-state index in [0.29, 0.717) is 10.0 Å². The van der Waals surface area contributed by atoms with Crippen LogP contribution in [0, 0.1) is 0 Å². The van der Waals surface area contributed by atoms with E-state index < -0.39 is 0 Å². The zero-order valence-corrected chi connectivity index (χ0v) is 7.71. The van der Waals surface area contributed by atoms with Crippen LogP contribution in [0.4, 0.5) is 5.69 Å². The predicted octanol–water partition coefficient (Wildman–Crippen LogP) is 3.43. The van der Waals surface area contributed by atoms with Crippen LogP contribution in [0.25, 0.3) is 0 Å². The molecule has 0 radical (unpaired) electrons. The van der Waals surface area contributed by atoms with Crippen LogP contribution in [0.15, 0.2) is 18.2 Å². The lowest BCUT2D eigenvalue weighted by molar-refractivity contribution is 1.21. The van der Waals surface area contributed by atoms with Crippen molar-refractivity contribution >= 4 is 28.9 Å². The fourth-order valence-corrected chi connectivity index (χ4v) is 1.18. The predicted molar refractivity (Wildman–Crippen MR) is 50.6 cm³/mol. The highest BCUT2D eigenvalue weighted by molar-refractivity contribution is 6.35. The second-order valence-electron chi connectivity index (χ2n) is 2.15. The van der Waals surface area contributed by atoms with Crippen LogP contribution in [0.1, 0.15) is 6.92 Å². The summed E-state index contributed by atoms with van der Waals surface area (Å²) in [4.78, 5) is 0. The minimum absolute atomic E-state index is 0.699. The Kier molecular flexibility index (Phi) is 3.03. The molecule has 0 amide bonds. The monoisotopic (exact) mass is 189 g/mol. The Hall–Kier alpha value is -0.400. The van der Waals surface area contributed by atoms with E-state index in [1.54, 1.807) is 12.1 Å². The number of benzene rings is 1. The van der Waals surface area contributed by atoms with Crippen molar-refractivity contribution in [2.75, 3.05) is 11.9 Å². The molecule has 1 nitrogen and oxygen atoms in total. The molecule has 0 fully saturated rings. The summed E-state index contributed by atoms with van der Waals surface area (Å²) in [5.74, 6) is 0. The van der Waals surface area contributed by atoms with Gasteiger partial charge in [0.15, 0.2) is 0 Å². The molecule has 0 atom stereocenters. The first-order valence-corrected chi connectivity index (χ1v) is 4.18. The lowest BCUT2D eigenvalue weighted by Gasteiger charge is -2.04. The van der Waals surface area contributed by atoms with Gasteiger partial charge in [-0.1, -0.05) is 23.2 Å². The van der Waals surface area contributed by atoms with Crippen molar-refractivity contribution in [3.05, 3.63) is 28.2 Å². The highest BCUT2D eigenvalue weighted by Crippen LogP contribution is 2.24. The molecule has 0 aromatic heterocycles. The average molecular weight is 190 g/mol. The molecular weight excluding hydrogens is 181 g/mol. The normalized spacial score (nSPS) is 9.73. The molecular formula is C8H9Cl2N. The van der Waals surface area contributed by atoms with Crippen LogP contribution in [-0.4, -0.2) is 6.54 Å². The maximum absolute atomic E-state index is 5.85. The molecule has 0 saturated heterocycles. The average Bonchev–Trinajstić information content (AvgIpc) is 1.98. The first-order valence-electron chi connectivity index (χ1n) is 3.43. The van der Waals surface area contributed by atoms with E-state index in [2.05, 4.69) is 5.32 Å². The van der Waals surface area contributed by atoms with Gasteiger partial charge in [0.1, 0.15) is 0 Å². The number of rotatable bonds is 2. The molecule has 0 aliphatic heterocycles. The van der Waals surface area contributed by atoms with Gasteiger partial charge in [-0.3, -0.25) is 0 Å². The second-order valence-corrected chi connectivity index (χ2v) is 3.00. The fourth-order valence-electron chi connectivity index (χ4n) is 0.823. The van der Waals surface area contributed by atoms with Gasteiger partial charge in [-0.2, -0.15) is 0 Å². The van der Waals surface area contributed by atoms with Gasteiger partial charge >= 0.3 is 0 Å². The van der Waals surface area contributed by atoms with E-state index in [9.17, 15) is 0 Å². The first-order chi connectivity index (χ1) is 5.24. The third-order valence-electron chi connectivity index (χ3n) is 1.30. The summed E-state index contributed by atoms with van der Waals surface area (Å²) in [6.07, 6.45) is 0. The number of nitrogens with one attached hydrogen (secondary N) is 1. The Morgan fingerprint density at radius 3 is 2.73 bits per heavy atom. The summed E-state index contributed by atoms with van der Waals surface area (Å²) in [5.41, 5.74) is 0.890. The Morgan fingerprint density at radius 1 is 1.36 bits per heavy atom. The van der Waals surface area contributed by atoms with Crippen LogP contribution in [0.3, 0.4) is 0 Å². The van der Waals surface area contributed by atoms with E-state index >= 15 is 0 Å². The molecule has 0 heterocycles. The van der Waals surface area contributed by atoms with Gasteiger partial charge in [-0.05, 0) is 25.1 Å². The molecule has 1 aromatic carbocycles. The standard InChI is InChI=1S/C8H9Cl2N/c1-2-11-8-5-6(9)3-4-7(8)10/h3-5,11H,2H2,1H3. The molecule has 0 aliphatic carbocycles. The zero-order valence-electron chi connectivity index (χ0n) is 6.20. The summed E-state index contributed by atoms with van der Waals surface area (Å²) in [7, 11) is 0. The largest absolute Gasteiger partial charge is 0.384 e. The molecule has 0 spiro atoms. The number of halogens is 2. The lowest BCUT2D eigenvalue weighted by atomic mass is 10.3. The quantitative estimate of drug-likeness (QED) is 0.753. The number of hydrogen-bond acceptors (Lipinski definition) is 1. The first kappa shape index (κ1) is 8.69. The highest BCUT2D eigenvalue weighted by Gasteiger charge is 1.97. The van der Waals surface area contributed by atoms with E-state index in [1.807, 2.05) is 13.0 Å². The third-order valence-corrected chi connectivity index (χ3v) is 1.86. The van der Waals surface area contributed by atoms with Gasteiger partial charge in [-0.15, -0.1) is 0 Å². The van der Waals surface area contributed by atoms with Crippen LogP contribution in [0.2, 0.25) is 10.0 Å². The van der Waals surface area contributed by atoms with Crippen LogP contribution < -0.4 is 5.32 Å². The van der Waals surface area contributed by atoms with Crippen molar-refractivity contribution in [3.63, 3.8) is 0 Å². The highest BCUT2D eigenvalue weighted by atomic mass is 35.5. The van der Waals surface area contributed by atoms with Crippen LogP contribution in [0.5, 0.6) is 0 Å². The minimum Gasteiger partial charge on any atom is -0.384 e. The van der Waals surface area contributed by atoms with Crippen molar-refractivity contribution in [1.82, 2.24) is 0 Å². The fraction of sp³-hybridized carbons (Fsp3) is 0.250. The number of anilines is 1. The van der Waals surface area contributed by atoms with Crippen molar-refractivity contribution in [3.8, 4) is 0 Å². The Labute approximate surface area is 76.3 Å². The van der Waals surface area contributed by atoms with Crippen molar-refractivity contribution in [2.45, 2.75) is 6.92 Å². The molecule has 0 saturated carbocycles. The van der Waals surface area contributed by atoms with Crippen molar-refractivity contribution in [2.24, 2.45) is 0 Å². The lowest BCUT2D eigenvalue weighted by Crippen LogP contribution is -1.96.